The Hall–Kier alpha value is -1.17. The molecule has 5 nitrogen and oxygen atoms in total. The van der Waals surface area contributed by atoms with Crippen molar-refractivity contribution in [1.29, 1.82) is 0 Å². The number of hydrogen-bond donors (Lipinski definition) is 1. The molecule has 0 radical (unpaired) electrons. The molecular formula is C4H5N3O2S. The first kappa shape index (κ1) is 6.94. The zero-order valence-corrected chi connectivity index (χ0v) is 5.80. The number of aromatic nitrogens is 2. The molecule has 1 heterocycles. The lowest BCUT2D eigenvalue weighted by Gasteiger charge is -1.94. The highest BCUT2D eigenvalue weighted by atomic mass is 32.1. The van der Waals surface area contributed by atoms with Crippen molar-refractivity contribution in [2.45, 2.75) is 0 Å². The van der Waals surface area contributed by atoms with Crippen molar-refractivity contribution in [3.05, 3.63) is 5.38 Å². The van der Waals surface area contributed by atoms with Gasteiger partial charge in [0.15, 0.2) is 6.61 Å². The van der Waals surface area contributed by atoms with Crippen LogP contribution in [0, 0.1) is 0 Å². The van der Waals surface area contributed by atoms with E-state index in [2.05, 4.69) is 9.59 Å². The summed E-state index contributed by atoms with van der Waals surface area (Å²) in [6.07, 6.45) is 0. The summed E-state index contributed by atoms with van der Waals surface area (Å²) >= 11 is 1.15. The normalized spacial score (nSPS) is 9.20. The van der Waals surface area contributed by atoms with Gasteiger partial charge in [-0.15, -0.1) is 0 Å². The molecule has 1 aromatic rings. The number of ether oxygens (including phenoxy) is 1. The summed E-state index contributed by atoms with van der Waals surface area (Å²) in [6.45, 7) is -0.147. The Balaban J connectivity index is 2.35. The highest BCUT2D eigenvalue weighted by molar-refractivity contribution is 7.03. The monoisotopic (exact) mass is 159 g/mol. The van der Waals surface area contributed by atoms with E-state index >= 15 is 0 Å². The zero-order chi connectivity index (χ0) is 7.40. The molecule has 0 saturated heterocycles. The number of carbonyl (C=O) groups is 1. The van der Waals surface area contributed by atoms with Crippen LogP contribution in [-0.4, -0.2) is 22.1 Å². The lowest BCUT2D eigenvalue weighted by Crippen LogP contribution is -2.20. The first-order chi connectivity index (χ1) is 4.79. The van der Waals surface area contributed by atoms with E-state index in [-0.39, 0.29) is 6.61 Å². The molecule has 0 unspecified atom stereocenters. The number of nitrogens with two attached hydrogens (primary N) is 1. The summed E-state index contributed by atoms with van der Waals surface area (Å²) in [7, 11) is 0. The van der Waals surface area contributed by atoms with E-state index in [4.69, 9.17) is 10.5 Å². The Morgan fingerprint density at radius 2 is 2.70 bits per heavy atom. The van der Waals surface area contributed by atoms with Crippen LogP contribution < -0.4 is 10.5 Å². The van der Waals surface area contributed by atoms with E-state index in [9.17, 15) is 4.79 Å². The second-order valence-electron chi connectivity index (χ2n) is 1.50. The van der Waals surface area contributed by atoms with Crippen LogP contribution in [0.1, 0.15) is 0 Å². The molecule has 0 atom stereocenters. The molecule has 1 rings (SSSR count). The Morgan fingerprint density at radius 1 is 1.90 bits per heavy atom. The van der Waals surface area contributed by atoms with Crippen molar-refractivity contribution in [2.75, 3.05) is 6.61 Å². The van der Waals surface area contributed by atoms with Crippen LogP contribution in [0.4, 0.5) is 0 Å². The SMILES string of the molecule is NC(=O)COc1csnn1. The van der Waals surface area contributed by atoms with Crippen LogP contribution in [0.5, 0.6) is 5.88 Å². The van der Waals surface area contributed by atoms with Crippen LogP contribution in [0.3, 0.4) is 0 Å². The molecule has 0 aliphatic carbocycles. The van der Waals surface area contributed by atoms with Gasteiger partial charge in [0, 0.05) is 0 Å². The van der Waals surface area contributed by atoms with E-state index < -0.39 is 5.91 Å². The Labute approximate surface area is 61.0 Å². The quantitative estimate of drug-likeness (QED) is 0.638. The van der Waals surface area contributed by atoms with Crippen molar-refractivity contribution in [3.8, 4) is 5.88 Å². The summed E-state index contributed by atoms with van der Waals surface area (Å²) < 4.78 is 8.28. The van der Waals surface area contributed by atoms with Gasteiger partial charge in [-0.25, -0.2) is 0 Å². The molecule has 0 spiro atoms. The molecule has 2 N–H and O–H groups in total. The van der Waals surface area contributed by atoms with Crippen molar-refractivity contribution >= 4 is 17.4 Å². The molecule has 0 fully saturated rings. The van der Waals surface area contributed by atoms with Gasteiger partial charge in [0.25, 0.3) is 5.91 Å². The average Bonchev–Trinajstić information content (AvgIpc) is 2.34. The van der Waals surface area contributed by atoms with Gasteiger partial charge >= 0.3 is 0 Å². The van der Waals surface area contributed by atoms with Gasteiger partial charge in [-0.3, -0.25) is 4.79 Å². The molecule has 0 bridgehead atoms. The smallest absolute Gasteiger partial charge is 0.255 e. The molecule has 6 heteroatoms. The van der Waals surface area contributed by atoms with Crippen LogP contribution in [0.2, 0.25) is 0 Å². The molecular weight excluding hydrogens is 154 g/mol. The van der Waals surface area contributed by atoms with E-state index in [0.717, 1.165) is 11.5 Å². The number of amides is 1. The Kier molecular flexibility index (Phi) is 2.16. The van der Waals surface area contributed by atoms with E-state index in [1.165, 1.54) is 0 Å². The first-order valence-corrected chi connectivity index (χ1v) is 3.31. The standard InChI is InChI=1S/C4H5N3O2S/c5-3(8)1-9-4-2-10-7-6-4/h2H,1H2,(H2,5,8). The second kappa shape index (κ2) is 3.11. The van der Waals surface area contributed by atoms with Crippen molar-refractivity contribution < 1.29 is 9.53 Å². The number of hydrogen-bond acceptors (Lipinski definition) is 5. The number of primary amides is 1. The summed E-state index contributed by atoms with van der Waals surface area (Å²) in [4.78, 5) is 10.1. The maximum Gasteiger partial charge on any atom is 0.255 e. The van der Waals surface area contributed by atoms with E-state index in [0.29, 0.717) is 5.88 Å². The molecule has 10 heavy (non-hydrogen) atoms. The van der Waals surface area contributed by atoms with Gasteiger partial charge in [-0.05, 0) is 11.5 Å². The average molecular weight is 159 g/mol. The van der Waals surface area contributed by atoms with Crippen LogP contribution >= 0.6 is 11.5 Å². The highest BCUT2D eigenvalue weighted by Crippen LogP contribution is 2.05. The van der Waals surface area contributed by atoms with Crippen LogP contribution in [0.15, 0.2) is 5.38 Å². The van der Waals surface area contributed by atoms with Crippen molar-refractivity contribution in [2.24, 2.45) is 5.73 Å². The predicted molar refractivity (Wildman–Crippen MR) is 34.6 cm³/mol. The minimum Gasteiger partial charge on any atom is -0.466 e. The number of rotatable bonds is 3. The Morgan fingerprint density at radius 3 is 3.20 bits per heavy atom. The molecule has 0 aliphatic heterocycles. The molecule has 0 saturated carbocycles. The lowest BCUT2D eigenvalue weighted by molar-refractivity contribution is -0.120. The van der Waals surface area contributed by atoms with Crippen molar-refractivity contribution in [3.63, 3.8) is 0 Å². The van der Waals surface area contributed by atoms with Crippen LogP contribution in [-0.2, 0) is 4.79 Å². The molecule has 1 amide bonds. The summed E-state index contributed by atoms with van der Waals surface area (Å²) in [6, 6.07) is 0. The molecule has 1 aromatic heterocycles. The fraction of sp³-hybridized carbons (Fsp3) is 0.250. The number of carbonyl (C=O) groups excluding carboxylic acids is 1. The third-order valence-electron chi connectivity index (χ3n) is 0.702. The van der Waals surface area contributed by atoms with Gasteiger partial charge < -0.3 is 10.5 Å². The summed E-state index contributed by atoms with van der Waals surface area (Å²) in [5, 5.41) is 5.11. The lowest BCUT2D eigenvalue weighted by atomic mass is 10.7. The maximum atomic E-state index is 10.1. The van der Waals surface area contributed by atoms with E-state index in [1.54, 1.807) is 5.38 Å². The van der Waals surface area contributed by atoms with Crippen molar-refractivity contribution in [1.82, 2.24) is 9.59 Å². The van der Waals surface area contributed by atoms with Gasteiger partial charge in [0.05, 0.1) is 5.38 Å². The van der Waals surface area contributed by atoms with Gasteiger partial charge in [0.2, 0.25) is 5.88 Å². The third-order valence-corrected chi connectivity index (χ3v) is 1.19. The van der Waals surface area contributed by atoms with Crippen LogP contribution in [0.25, 0.3) is 0 Å². The largest absolute Gasteiger partial charge is 0.466 e. The highest BCUT2D eigenvalue weighted by Gasteiger charge is 1.97. The fourth-order valence-electron chi connectivity index (χ4n) is 0.364. The minimum atomic E-state index is -0.520. The summed E-state index contributed by atoms with van der Waals surface area (Å²) in [5.74, 6) is -0.184. The molecule has 0 aliphatic rings. The third kappa shape index (κ3) is 1.98. The first-order valence-electron chi connectivity index (χ1n) is 2.47. The maximum absolute atomic E-state index is 10.1. The van der Waals surface area contributed by atoms with Gasteiger partial charge in [-0.1, -0.05) is 9.59 Å². The van der Waals surface area contributed by atoms with E-state index in [1.807, 2.05) is 0 Å². The second-order valence-corrected chi connectivity index (χ2v) is 2.11. The van der Waals surface area contributed by atoms with Gasteiger partial charge in [0.1, 0.15) is 0 Å². The predicted octanol–water partition coefficient (Wildman–Crippen LogP) is -0.598. The number of nitrogens with zero attached hydrogens (tertiary/aromatic N) is 2. The van der Waals surface area contributed by atoms with Gasteiger partial charge in [-0.2, -0.15) is 0 Å². The summed E-state index contributed by atoms with van der Waals surface area (Å²) in [5.41, 5.74) is 4.80. The fourth-order valence-corrected chi connectivity index (χ4v) is 0.744. The molecule has 54 valence electrons. The molecule has 0 aromatic carbocycles. The zero-order valence-electron chi connectivity index (χ0n) is 4.98. The topological polar surface area (TPSA) is 78.1 Å². The Bertz CT molecular complexity index is 210. The minimum absolute atomic E-state index is 0.147.